The largest absolute Gasteiger partial charge is 0.318 e. The summed E-state index contributed by atoms with van der Waals surface area (Å²) in [6, 6.07) is 3.81. The SMILES string of the molecule is NC(c1cn[nH]n1)c1cccs1. The molecule has 0 fully saturated rings. The Labute approximate surface area is 73.4 Å². The van der Waals surface area contributed by atoms with Crippen LogP contribution in [0.4, 0.5) is 0 Å². The van der Waals surface area contributed by atoms with Crippen LogP contribution in [0.5, 0.6) is 0 Å². The molecule has 0 radical (unpaired) electrons. The van der Waals surface area contributed by atoms with Gasteiger partial charge in [0.25, 0.3) is 0 Å². The molecule has 4 nitrogen and oxygen atoms in total. The summed E-state index contributed by atoms with van der Waals surface area (Å²) >= 11 is 1.62. The Morgan fingerprint density at radius 1 is 1.58 bits per heavy atom. The highest BCUT2D eigenvalue weighted by Gasteiger charge is 2.11. The minimum atomic E-state index is -0.149. The summed E-state index contributed by atoms with van der Waals surface area (Å²) in [7, 11) is 0. The second-order valence-corrected chi connectivity index (χ2v) is 3.37. The van der Waals surface area contributed by atoms with E-state index < -0.39 is 0 Å². The van der Waals surface area contributed by atoms with Crippen molar-refractivity contribution in [1.29, 1.82) is 0 Å². The minimum Gasteiger partial charge on any atom is -0.318 e. The Bertz CT molecular complexity index is 292. The second-order valence-electron chi connectivity index (χ2n) is 2.39. The highest BCUT2D eigenvalue weighted by Crippen LogP contribution is 2.20. The molecule has 2 aromatic rings. The predicted octanol–water partition coefficient (Wildman–Crippen LogP) is 0.914. The molecular weight excluding hydrogens is 172 g/mol. The molecule has 0 aliphatic heterocycles. The average molecular weight is 180 g/mol. The molecular formula is C7H8N4S. The van der Waals surface area contributed by atoms with Gasteiger partial charge in [-0.25, -0.2) is 0 Å². The quantitative estimate of drug-likeness (QED) is 0.722. The first-order valence-corrected chi connectivity index (χ1v) is 4.40. The number of aromatic amines is 1. The predicted molar refractivity (Wildman–Crippen MR) is 46.7 cm³/mol. The molecule has 1 atom stereocenters. The maximum atomic E-state index is 5.89. The summed E-state index contributed by atoms with van der Waals surface area (Å²) < 4.78 is 0. The molecule has 0 aliphatic carbocycles. The molecule has 3 N–H and O–H groups in total. The van der Waals surface area contributed by atoms with Crippen LogP contribution in [-0.4, -0.2) is 15.4 Å². The van der Waals surface area contributed by atoms with Gasteiger partial charge >= 0.3 is 0 Å². The Balaban J connectivity index is 2.27. The lowest BCUT2D eigenvalue weighted by molar-refractivity contribution is 0.823. The minimum absolute atomic E-state index is 0.149. The maximum absolute atomic E-state index is 5.89. The van der Waals surface area contributed by atoms with Gasteiger partial charge in [0.05, 0.1) is 12.2 Å². The molecule has 12 heavy (non-hydrogen) atoms. The van der Waals surface area contributed by atoms with E-state index in [1.807, 2.05) is 17.5 Å². The van der Waals surface area contributed by atoms with Gasteiger partial charge in [-0.3, -0.25) is 0 Å². The molecule has 5 heteroatoms. The molecule has 2 rings (SSSR count). The Morgan fingerprint density at radius 2 is 2.50 bits per heavy atom. The summed E-state index contributed by atoms with van der Waals surface area (Å²) in [6.07, 6.45) is 1.64. The van der Waals surface area contributed by atoms with Crippen molar-refractivity contribution in [2.24, 2.45) is 5.73 Å². The average Bonchev–Trinajstić information content (AvgIpc) is 2.77. The number of hydrogen-bond donors (Lipinski definition) is 2. The second kappa shape index (κ2) is 3.04. The van der Waals surface area contributed by atoms with Crippen molar-refractivity contribution in [3.63, 3.8) is 0 Å². The molecule has 2 aromatic heterocycles. The molecule has 62 valence electrons. The van der Waals surface area contributed by atoms with E-state index in [1.165, 1.54) is 0 Å². The van der Waals surface area contributed by atoms with Crippen LogP contribution in [0.25, 0.3) is 0 Å². The molecule has 1 unspecified atom stereocenters. The smallest absolute Gasteiger partial charge is 0.104 e. The highest BCUT2D eigenvalue weighted by molar-refractivity contribution is 7.10. The lowest BCUT2D eigenvalue weighted by Gasteiger charge is -2.03. The molecule has 0 saturated carbocycles. The van der Waals surface area contributed by atoms with E-state index in [0.29, 0.717) is 0 Å². The Kier molecular flexibility index (Phi) is 1.89. The van der Waals surface area contributed by atoms with Gasteiger partial charge in [-0.05, 0) is 11.4 Å². The number of thiophene rings is 1. The van der Waals surface area contributed by atoms with Crippen LogP contribution >= 0.6 is 11.3 Å². The topological polar surface area (TPSA) is 67.6 Å². The number of nitrogens with one attached hydrogen (secondary N) is 1. The summed E-state index contributed by atoms with van der Waals surface area (Å²) in [5.74, 6) is 0. The van der Waals surface area contributed by atoms with Crippen molar-refractivity contribution >= 4 is 11.3 Å². The fraction of sp³-hybridized carbons (Fsp3) is 0.143. The number of H-pyrrole nitrogens is 1. The van der Waals surface area contributed by atoms with Crippen molar-refractivity contribution in [2.45, 2.75) is 6.04 Å². The zero-order chi connectivity index (χ0) is 8.39. The molecule has 0 amide bonds. The molecule has 0 aliphatic rings. The molecule has 0 saturated heterocycles. The summed E-state index contributed by atoms with van der Waals surface area (Å²) in [5, 5.41) is 12.2. The van der Waals surface area contributed by atoms with E-state index in [4.69, 9.17) is 5.73 Å². The fourth-order valence-electron chi connectivity index (χ4n) is 0.974. The van der Waals surface area contributed by atoms with Crippen LogP contribution in [0, 0.1) is 0 Å². The van der Waals surface area contributed by atoms with E-state index in [2.05, 4.69) is 15.4 Å². The van der Waals surface area contributed by atoms with Gasteiger partial charge in [-0.15, -0.1) is 11.3 Å². The Morgan fingerprint density at radius 3 is 3.08 bits per heavy atom. The maximum Gasteiger partial charge on any atom is 0.104 e. The van der Waals surface area contributed by atoms with Crippen LogP contribution in [0.15, 0.2) is 23.7 Å². The third-order valence-electron chi connectivity index (χ3n) is 1.60. The molecule has 2 heterocycles. The fourth-order valence-corrected chi connectivity index (χ4v) is 1.71. The zero-order valence-electron chi connectivity index (χ0n) is 6.27. The van der Waals surface area contributed by atoms with Crippen LogP contribution < -0.4 is 5.73 Å². The van der Waals surface area contributed by atoms with Gasteiger partial charge in [0, 0.05) is 4.88 Å². The summed E-state index contributed by atoms with van der Waals surface area (Å²) in [6.45, 7) is 0. The standard InChI is InChI=1S/C7H8N4S/c8-7(5-4-9-11-10-5)6-2-1-3-12-6/h1-4,7H,8H2,(H,9,10,11). The normalized spacial score (nSPS) is 13.1. The summed E-state index contributed by atoms with van der Waals surface area (Å²) in [5.41, 5.74) is 6.67. The van der Waals surface area contributed by atoms with E-state index in [1.54, 1.807) is 17.5 Å². The van der Waals surface area contributed by atoms with Crippen LogP contribution in [0.2, 0.25) is 0 Å². The third-order valence-corrected chi connectivity index (χ3v) is 2.56. The van der Waals surface area contributed by atoms with E-state index in [-0.39, 0.29) is 6.04 Å². The van der Waals surface area contributed by atoms with Gasteiger partial charge in [-0.1, -0.05) is 6.07 Å². The first-order valence-electron chi connectivity index (χ1n) is 3.52. The number of aromatic nitrogens is 3. The van der Waals surface area contributed by atoms with Gasteiger partial charge in [0.1, 0.15) is 5.69 Å². The first kappa shape index (κ1) is 7.45. The molecule has 0 bridgehead atoms. The van der Waals surface area contributed by atoms with Gasteiger partial charge in [-0.2, -0.15) is 15.4 Å². The van der Waals surface area contributed by atoms with Crippen molar-refractivity contribution < 1.29 is 0 Å². The Hall–Kier alpha value is -1.20. The van der Waals surface area contributed by atoms with E-state index in [0.717, 1.165) is 10.6 Å². The van der Waals surface area contributed by atoms with Crippen LogP contribution in [0.1, 0.15) is 16.6 Å². The number of nitrogens with two attached hydrogens (primary N) is 1. The number of hydrogen-bond acceptors (Lipinski definition) is 4. The van der Waals surface area contributed by atoms with Crippen molar-refractivity contribution in [3.8, 4) is 0 Å². The monoisotopic (exact) mass is 180 g/mol. The van der Waals surface area contributed by atoms with Gasteiger partial charge in [0.15, 0.2) is 0 Å². The van der Waals surface area contributed by atoms with Crippen LogP contribution in [-0.2, 0) is 0 Å². The van der Waals surface area contributed by atoms with Crippen molar-refractivity contribution in [1.82, 2.24) is 15.4 Å². The lowest BCUT2D eigenvalue weighted by atomic mass is 10.2. The van der Waals surface area contributed by atoms with Crippen LogP contribution in [0.3, 0.4) is 0 Å². The highest BCUT2D eigenvalue weighted by atomic mass is 32.1. The molecule has 0 aromatic carbocycles. The summed E-state index contributed by atoms with van der Waals surface area (Å²) in [4.78, 5) is 1.10. The number of rotatable bonds is 2. The van der Waals surface area contributed by atoms with Gasteiger partial charge in [0.2, 0.25) is 0 Å². The van der Waals surface area contributed by atoms with Crippen molar-refractivity contribution in [2.75, 3.05) is 0 Å². The number of nitrogens with zero attached hydrogens (tertiary/aromatic N) is 2. The van der Waals surface area contributed by atoms with Gasteiger partial charge < -0.3 is 5.73 Å². The third kappa shape index (κ3) is 1.24. The molecule has 0 spiro atoms. The van der Waals surface area contributed by atoms with Crippen molar-refractivity contribution in [3.05, 3.63) is 34.3 Å². The van der Waals surface area contributed by atoms with E-state index >= 15 is 0 Å². The first-order chi connectivity index (χ1) is 5.88. The lowest BCUT2D eigenvalue weighted by Crippen LogP contribution is -2.10. The zero-order valence-corrected chi connectivity index (χ0v) is 7.08. The van der Waals surface area contributed by atoms with E-state index in [9.17, 15) is 0 Å².